The second kappa shape index (κ2) is 8.45. The molecule has 0 aromatic heterocycles. The molecule has 0 aliphatic heterocycles. The molecule has 0 aliphatic rings. The summed E-state index contributed by atoms with van der Waals surface area (Å²) in [6.07, 6.45) is 0.916. The van der Waals surface area contributed by atoms with Gasteiger partial charge in [-0.1, -0.05) is 43.3 Å². The van der Waals surface area contributed by atoms with Crippen molar-refractivity contribution in [1.82, 2.24) is 0 Å². The van der Waals surface area contributed by atoms with Crippen LogP contribution in [0.5, 0.6) is 0 Å². The van der Waals surface area contributed by atoms with Gasteiger partial charge in [-0.2, -0.15) is 0 Å². The molecule has 0 unspecified atom stereocenters. The van der Waals surface area contributed by atoms with E-state index in [2.05, 4.69) is 23.6 Å². The fraction of sp³-hybridized carbons (Fsp3) is 0.136. The maximum Gasteiger partial charge on any atom is 0.255 e. The Hall–Kier alpha value is -3.21. The number of carbonyl (C=O) groups excluding carboxylic acids is 1. The Balaban J connectivity index is 1.72. The first-order chi connectivity index (χ1) is 13.1. The smallest absolute Gasteiger partial charge is 0.255 e. The van der Waals surface area contributed by atoms with E-state index in [-0.39, 0.29) is 0 Å². The molecule has 0 aliphatic carbocycles. The van der Waals surface area contributed by atoms with E-state index in [1.54, 1.807) is 18.2 Å². The minimum atomic E-state index is -0.808. The molecule has 0 bridgehead atoms. The largest absolute Gasteiger partial charge is 0.381 e. The highest BCUT2D eigenvalue weighted by molar-refractivity contribution is 6.04. The average molecular weight is 366 g/mol. The summed E-state index contributed by atoms with van der Waals surface area (Å²) in [5.74, 6) is -2.18. The van der Waals surface area contributed by atoms with Gasteiger partial charge in [0.2, 0.25) is 0 Å². The predicted molar refractivity (Wildman–Crippen MR) is 104 cm³/mol. The van der Waals surface area contributed by atoms with Crippen LogP contribution in [0.15, 0.2) is 66.7 Å². The lowest BCUT2D eigenvalue weighted by atomic mass is 10.1. The van der Waals surface area contributed by atoms with Crippen molar-refractivity contribution in [2.24, 2.45) is 0 Å². The lowest BCUT2D eigenvalue weighted by Crippen LogP contribution is -2.15. The molecular formula is C22H20F2N2O. The summed E-state index contributed by atoms with van der Waals surface area (Å²) < 4.78 is 27.4. The van der Waals surface area contributed by atoms with Gasteiger partial charge in [0, 0.05) is 17.8 Å². The molecule has 0 atom stereocenters. The van der Waals surface area contributed by atoms with Gasteiger partial charge in [0.15, 0.2) is 0 Å². The van der Waals surface area contributed by atoms with E-state index in [1.165, 1.54) is 11.6 Å². The van der Waals surface area contributed by atoms with Crippen LogP contribution in [-0.2, 0) is 13.0 Å². The quantitative estimate of drug-likeness (QED) is 0.614. The summed E-state index contributed by atoms with van der Waals surface area (Å²) in [4.78, 5) is 12.4. The molecule has 138 valence electrons. The van der Waals surface area contributed by atoms with Gasteiger partial charge in [0.25, 0.3) is 5.91 Å². The van der Waals surface area contributed by atoms with Crippen LogP contribution in [0.2, 0.25) is 0 Å². The molecule has 3 aromatic carbocycles. The molecule has 3 nitrogen and oxygen atoms in total. The second-order valence-electron chi connectivity index (χ2n) is 6.12. The van der Waals surface area contributed by atoms with Gasteiger partial charge in [-0.25, -0.2) is 8.78 Å². The highest BCUT2D eigenvalue weighted by Gasteiger charge is 2.13. The Labute approximate surface area is 157 Å². The van der Waals surface area contributed by atoms with E-state index < -0.39 is 23.2 Å². The zero-order valence-corrected chi connectivity index (χ0v) is 14.9. The summed E-state index contributed by atoms with van der Waals surface area (Å²) in [6, 6.07) is 18.4. The van der Waals surface area contributed by atoms with Gasteiger partial charge < -0.3 is 10.6 Å². The molecule has 2 N–H and O–H groups in total. The third-order valence-corrected chi connectivity index (χ3v) is 4.27. The normalized spacial score (nSPS) is 10.5. The number of carbonyl (C=O) groups is 1. The lowest BCUT2D eigenvalue weighted by molar-refractivity contribution is 0.102. The molecule has 3 aromatic rings. The van der Waals surface area contributed by atoms with Crippen molar-refractivity contribution in [3.63, 3.8) is 0 Å². The highest BCUT2D eigenvalue weighted by atomic mass is 19.1. The molecule has 0 radical (unpaired) electrons. The fourth-order valence-corrected chi connectivity index (χ4v) is 2.82. The van der Waals surface area contributed by atoms with Crippen molar-refractivity contribution < 1.29 is 13.6 Å². The summed E-state index contributed by atoms with van der Waals surface area (Å²) >= 11 is 0. The Morgan fingerprint density at radius 2 is 1.63 bits per heavy atom. The predicted octanol–water partition coefficient (Wildman–Crippen LogP) is 5.39. The summed E-state index contributed by atoms with van der Waals surface area (Å²) in [5.41, 5.74) is 3.04. The molecular weight excluding hydrogens is 346 g/mol. The molecule has 0 saturated carbocycles. The first kappa shape index (κ1) is 18.6. The van der Waals surface area contributed by atoms with Crippen LogP contribution in [0, 0.1) is 11.6 Å². The number of halogens is 2. The van der Waals surface area contributed by atoms with Crippen LogP contribution in [0.1, 0.15) is 28.4 Å². The Bertz CT molecular complexity index is 936. The summed E-state index contributed by atoms with van der Waals surface area (Å²) in [5, 5.41) is 5.67. The highest BCUT2D eigenvalue weighted by Crippen LogP contribution is 2.20. The number of hydrogen-bond acceptors (Lipinski definition) is 2. The molecule has 1 amide bonds. The van der Waals surface area contributed by atoms with Crippen molar-refractivity contribution in [3.05, 3.63) is 95.1 Å². The van der Waals surface area contributed by atoms with E-state index in [1.807, 2.05) is 24.3 Å². The zero-order chi connectivity index (χ0) is 19.2. The van der Waals surface area contributed by atoms with Gasteiger partial charge >= 0.3 is 0 Å². The van der Waals surface area contributed by atoms with Crippen molar-refractivity contribution >= 4 is 17.3 Å². The number of aryl methyl sites for hydroxylation is 1. The fourth-order valence-electron chi connectivity index (χ4n) is 2.82. The number of nitrogens with one attached hydrogen (secondary N) is 2. The maximum atomic E-state index is 13.7. The summed E-state index contributed by atoms with van der Waals surface area (Å²) in [6.45, 7) is 2.62. The van der Waals surface area contributed by atoms with Gasteiger partial charge in [-0.05, 0) is 47.9 Å². The Kier molecular flexibility index (Phi) is 5.81. The lowest BCUT2D eigenvalue weighted by Gasteiger charge is -2.12. The number of hydrogen-bond donors (Lipinski definition) is 2. The topological polar surface area (TPSA) is 41.1 Å². The first-order valence-electron chi connectivity index (χ1n) is 8.74. The first-order valence-corrected chi connectivity index (χ1v) is 8.74. The number of benzene rings is 3. The second-order valence-corrected chi connectivity index (χ2v) is 6.12. The number of rotatable bonds is 6. The minimum Gasteiger partial charge on any atom is -0.381 e. The van der Waals surface area contributed by atoms with Crippen LogP contribution in [0.25, 0.3) is 0 Å². The van der Waals surface area contributed by atoms with E-state index in [0.717, 1.165) is 29.8 Å². The molecule has 0 saturated heterocycles. The molecule has 0 heterocycles. The third kappa shape index (κ3) is 4.50. The molecule has 3 rings (SSSR count). The maximum absolute atomic E-state index is 13.7. The molecule has 0 spiro atoms. The van der Waals surface area contributed by atoms with E-state index in [0.29, 0.717) is 12.1 Å². The van der Waals surface area contributed by atoms with Crippen LogP contribution in [0.4, 0.5) is 20.2 Å². The number of amides is 1. The Morgan fingerprint density at radius 1 is 0.926 bits per heavy atom. The van der Waals surface area contributed by atoms with Gasteiger partial charge in [-0.15, -0.1) is 0 Å². The van der Waals surface area contributed by atoms with Crippen molar-refractivity contribution in [2.75, 3.05) is 10.6 Å². The van der Waals surface area contributed by atoms with E-state index >= 15 is 0 Å². The monoisotopic (exact) mass is 366 g/mol. The zero-order valence-electron chi connectivity index (χ0n) is 14.9. The van der Waals surface area contributed by atoms with Crippen LogP contribution in [-0.4, -0.2) is 5.91 Å². The van der Waals surface area contributed by atoms with Gasteiger partial charge in [0.1, 0.15) is 17.3 Å². The number of anilines is 2. The average Bonchev–Trinajstić information content (AvgIpc) is 2.69. The van der Waals surface area contributed by atoms with Crippen LogP contribution < -0.4 is 10.6 Å². The number of para-hydroxylation sites is 2. The van der Waals surface area contributed by atoms with Gasteiger partial charge in [0.05, 0.1) is 0 Å². The summed E-state index contributed by atoms with van der Waals surface area (Å²) in [7, 11) is 0. The van der Waals surface area contributed by atoms with Crippen molar-refractivity contribution in [3.8, 4) is 0 Å². The van der Waals surface area contributed by atoms with Crippen molar-refractivity contribution in [1.29, 1.82) is 0 Å². The Morgan fingerprint density at radius 3 is 2.37 bits per heavy atom. The molecule has 0 fully saturated rings. The van der Waals surface area contributed by atoms with Crippen molar-refractivity contribution in [2.45, 2.75) is 19.9 Å². The van der Waals surface area contributed by atoms with Gasteiger partial charge in [-0.3, -0.25) is 4.79 Å². The van der Waals surface area contributed by atoms with Crippen LogP contribution in [0.3, 0.4) is 0 Å². The molecule has 5 heteroatoms. The molecule has 27 heavy (non-hydrogen) atoms. The van der Waals surface area contributed by atoms with Crippen LogP contribution >= 0.6 is 0 Å². The van der Waals surface area contributed by atoms with E-state index in [9.17, 15) is 13.6 Å². The SMILES string of the molecule is CCc1ccccc1NCc1cccc(C(=O)Nc2c(F)cccc2F)c1. The van der Waals surface area contributed by atoms with E-state index in [4.69, 9.17) is 0 Å². The third-order valence-electron chi connectivity index (χ3n) is 4.27. The standard InChI is InChI=1S/C22H20F2N2O/c1-2-16-8-3-4-12-20(16)25-14-15-7-5-9-17(13-15)22(27)26-21-18(23)10-6-11-19(21)24/h3-13,25H,2,14H2,1H3,(H,26,27). The minimum absolute atomic E-state index is 0.334.